The van der Waals surface area contributed by atoms with Crippen molar-refractivity contribution in [1.82, 2.24) is 14.3 Å². The van der Waals surface area contributed by atoms with Crippen molar-refractivity contribution in [2.24, 2.45) is 7.05 Å². The molecule has 2 saturated heterocycles. The zero-order valence-corrected chi connectivity index (χ0v) is 18.1. The number of carbonyl (C=O) groups excluding carboxylic acids is 2. The molecule has 0 unspecified atom stereocenters. The van der Waals surface area contributed by atoms with Gasteiger partial charge in [0.05, 0.1) is 37.6 Å². The largest absolute Gasteiger partial charge is 0.368 e. The molecule has 2 amide bonds. The van der Waals surface area contributed by atoms with E-state index < -0.39 is 0 Å². The van der Waals surface area contributed by atoms with Crippen molar-refractivity contribution in [2.75, 3.05) is 44.6 Å². The van der Waals surface area contributed by atoms with Crippen LogP contribution in [-0.4, -0.2) is 71.5 Å². The van der Waals surface area contributed by atoms with Gasteiger partial charge < -0.3 is 19.9 Å². The van der Waals surface area contributed by atoms with E-state index in [-0.39, 0.29) is 30.0 Å². The van der Waals surface area contributed by atoms with E-state index in [1.807, 2.05) is 42.2 Å². The van der Waals surface area contributed by atoms with Gasteiger partial charge in [0.25, 0.3) is 17.4 Å². The van der Waals surface area contributed by atoms with E-state index in [4.69, 9.17) is 4.74 Å². The average molecular weight is 429 g/mol. The minimum atomic E-state index is -0.294. The highest BCUT2D eigenvalue weighted by atomic mass is 16.5. The number of nitrogens with zero attached hydrogens (tertiary/aromatic N) is 3. The summed E-state index contributed by atoms with van der Waals surface area (Å²) in [7, 11) is 1.80. The van der Waals surface area contributed by atoms with Crippen molar-refractivity contribution in [1.29, 1.82) is 0 Å². The molecule has 1 aromatic carbocycles. The Labute approximate surface area is 181 Å². The molecule has 31 heavy (non-hydrogen) atoms. The molecule has 2 aliphatic rings. The SMILES string of the molecule is Cc1c(NC(=O)C[NH+]2CCN(C(=O)[C@@H]3CCCO3)CC2)c(=O)n(-c2ccccc2)n1C. The van der Waals surface area contributed by atoms with Gasteiger partial charge in [0, 0.05) is 13.7 Å². The molecule has 2 aromatic rings. The summed E-state index contributed by atoms with van der Waals surface area (Å²) in [6.07, 6.45) is 1.44. The molecule has 0 radical (unpaired) electrons. The molecule has 1 atom stereocenters. The van der Waals surface area contributed by atoms with Gasteiger partial charge in [-0.1, -0.05) is 18.2 Å². The second-order valence-electron chi connectivity index (χ2n) is 8.24. The smallest absolute Gasteiger partial charge is 0.295 e. The first-order chi connectivity index (χ1) is 15.0. The summed E-state index contributed by atoms with van der Waals surface area (Å²) >= 11 is 0. The van der Waals surface area contributed by atoms with Gasteiger partial charge in [-0.15, -0.1) is 0 Å². The standard InChI is InChI=1S/C22H29N5O4/c1-16-20(22(30)27(24(16)2)17-7-4-3-5-8-17)23-19(28)15-25-10-12-26(13-11-25)21(29)18-9-6-14-31-18/h3-5,7-8,18H,6,9-15H2,1-2H3,(H,23,28)/p+1/t18-/m0/s1. The summed E-state index contributed by atoms with van der Waals surface area (Å²) in [6.45, 7) is 5.38. The van der Waals surface area contributed by atoms with Crippen molar-refractivity contribution < 1.29 is 19.2 Å². The van der Waals surface area contributed by atoms with E-state index in [1.165, 1.54) is 0 Å². The van der Waals surface area contributed by atoms with Crippen LogP contribution < -0.4 is 15.8 Å². The molecule has 4 rings (SSSR count). The van der Waals surface area contributed by atoms with Crippen LogP contribution in [0.3, 0.4) is 0 Å². The number of rotatable bonds is 5. The lowest BCUT2D eigenvalue weighted by molar-refractivity contribution is -0.895. The zero-order chi connectivity index (χ0) is 22.0. The number of para-hydroxylation sites is 1. The number of benzene rings is 1. The predicted molar refractivity (Wildman–Crippen MR) is 115 cm³/mol. The molecular formula is C22H30N5O4+. The molecule has 1 aromatic heterocycles. The van der Waals surface area contributed by atoms with Crippen LogP contribution in [-0.2, 0) is 21.4 Å². The molecule has 0 bridgehead atoms. The molecule has 2 aliphatic heterocycles. The highest BCUT2D eigenvalue weighted by Crippen LogP contribution is 2.15. The third-order valence-corrected chi connectivity index (χ3v) is 6.22. The monoisotopic (exact) mass is 428 g/mol. The molecule has 9 heteroatoms. The van der Waals surface area contributed by atoms with Gasteiger partial charge in [-0.3, -0.25) is 19.1 Å². The number of hydrogen-bond acceptors (Lipinski definition) is 4. The molecule has 2 fully saturated rings. The molecule has 166 valence electrons. The van der Waals surface area contributed by atoms with Crippen LogP contribution in [0.25, 0.3) is 5.69 Å². The van der Waals surface area contributed by atoms with Gasteiger partial charge in [-0.05, 0) is 31.9 Å². The first-order valence-electron chi connectivity index (χ1n) is 10.8. The predicted octanol–water partition coefficient (Wildman–Crippen LogP) is -0.671. The first-order valence-corrected chi connectivity index (χ1v) is 10.8. The van der Waals surface area contributed by atoms with E-state index in [1.54, 1.807) is 16.4 Å². The Balaban J connectivity index is 1.36. The number of amides is 2. The van der Waals surface area contributed by atoms with Crippen LogP contribution in [0.4, 0.5) is 5.69 Å². The summed E-state index contributed by atoms with van der Waals surface area (Å²) in [5.41, 5.74) is 1.50. The number of nitrogens with one attached hydrogen (secondary N) is 2. The number of carbonyl (C=O) groups is 2. The van der Waals surface area contributed by atoms with E-state index in [2.05, 4.69) is 5.32 Å². The van der Waals surface area contributed by atoms with Gasteiger partial charge >= 0.3 is 0 Å². The summed E-state index contributed by atoms with van der Waals surface area (Å²) in [4.78, 5) is 41.0. The third kappa shape index (κ3) is 4.42. The summed E-state index contributed by atoms with van der Waals surface area (Å²) in [6, 6.07) is 9.34. The Kier molecular flexibility index (Phi) is 6.24. The van der Waals surface area contributed by atoms with Crippen LogP contribution in [0.5, 0.6) is 0 Å². The third-order valence-electron chi connectivity index (χ3n) is 6.22. The number of quaternary nitrogens is 1. The lowest BCUT2D eigenvalue weighted by atomic mass is 10.2. The fourth-order valence-electron chi connectivity index (χ4n) is 4.32. The maximum absolute atomic E-state index is 12.9. The summed E-state index contributed by atoms with van der Waals surface area (Å²) < 4.78 is 8.79. The Hall–Kier alpha value is -2.91. The molecule has 0 aliphatic carbocycles. The lowest BCUT2D eigenvalue weighted by Gasteiger charge is -2.33. The number of ether oxygens (including phenoxy) is 1. The van der Waals surface area contributed by atoms with Crippen LogP contribution in [0.15, 0.2) is 35.1 Å². The molecular weight excluding hydrogens is 398 g/mol. The Morgan fingerprint density at radius 1 is 1.19 bits per heavy atom. The fraction of sp³-hybridized carbons (Fsp3) is 0.500. The highest BCUT2D eigenvalue weighted by Gasteiger charge is 2.32. The van der Waals surface area contributed by atoms with Crippen molar-refractivity contribution in [3.8, 4) is 5.69 Å². The van der Waals surface area contributed by atoms with Crippen molar-refractivity contribution in [3.05, 3.63) is 46.4 Å². The van der Waals surface area contributed by atoms with Gasteiger partial charge in [-0.2, -0.15) is 0 Å². The quantitative estimate of drug-likeness (QED) is 0.661. The number of anilines is 1. The van der Waals surface area contributed by atoms with E-state index in [0.717, 1.165) is 23.4 Å². The lowest BCUT2D eigenvalue weighted by Crippen LogP contribution is -3.15. The molecule has 9 nitrogen and oxygen atoms in total. The van der Waals surface area contributed by atoms with Gasteiger partial charge in [-0.25, -0.2) is 4.68 Å². The normalized spacial score (nSPS) is 19.5. The Bertz CT molecular complexity index is 999. The van der Waals surface area contributed by atoms with E-state index in [0.29, 0.717) is 44.2 Å². The van der Waals surface area contributed by atoms with Crippen molar-refractivity contribution in [3.63, 3.8) is 0 Å². The molecule has 3 heterocycles. The van der Waals surface area contributed by atoms with Crippen LogP contribution in [0, 0.1) is 6.92 Å². The van der Waals surface area contributed by atoms with Crippen LogP contribution in [0.2, 0.25) is 0 Å². The van der Waals surface area contributed by atoms with Crippen LogP contribution >= 0.6 is 0 Å². The van der Waals surface area contributed by atoms with Gasteiger partial charge in [0.2, 0.25) is 0 Å². The summed E-state index contributed by atoms with van der Waals surface area (Å²) in [5.74, 6) is -0.123. The minimum Gasteiger partial charge on any atom is -0.368 e. The highest BCUT2D eigenvalue weighted by molar-refractivity contribution is 5.92. The zero-order valence-electron chi connectivity index (χ0n) is 18.1. The maximum atomic E-state index is 12.9. The number of piperazine rings is 1. The maximum Gasteiger partial charge on any atom is 0.295 e. The molecule has 2 N–H and O–H groups in total. The fourth-order valence-corrected chi connectivity index (χ4v) is 4.32. The molecule has 0 spiro atoms. The van der Waals surface area contributed by atoms with Crippen molar-refractivity contribution in [2.45, 2.75) is 25.9 Å². The topological polar surface area (TPSA) is 90.0 Å². The first kappa shape index (κ1) is 21.3. The van der Waals surface area contributed by atoms with Gasteiger partial charge in [0.1, 0.15) is 11.8 Å². The Morgan fingerprint density at radius 3 is 2.55 bits per heavy atom. The second-order valence-corrected chi connectivity index (χ2v) is 8.24. The summed E-state index contributed by atoms with van der Waals surface area (Å²) in [5, 5.41) is 2.82. The van der Waals surface area contributed by atoms with E-state index >= 15 is 0 Å². The average Bonchev–Trinajstić information content (AvgIpc) is 3.38. The van der Waals surface area contributed by atoms with Crippen LogP contribution in [0.1, 0.15) is 18.5 Å². The minimum absolute atomic E-state index is 0.0716. The van der Waals surface area contributed by atoms with Crippen molar-refractivity contribution >= 4 is 17.5 Å². The van der Waals surface area contributed by atoms with E-state index in [9.17, 15) is 14.4 Å². The number of hydrogen-bond donors (Lipinski definition) is 2. The number of aromatic nitrogens is 2. The van der Waals surface area contributed by atoms with Gasteiger partial charge in [0.15, 0.2) is 6.54 Å². The second kappa shape index (κ2) is 9.07. The molecule has 0 saturated carbocycles. The Morgan fingerprint density at radius 2 is 1.90 bits per heavy atom.